The number of nitrogens with zero attached hydrogens (tertiary/aromatic N) is 1. The van der Waals surface area contributed by atoms with E-state index in [0.717, 1.165) is 29.8 Å². The molecule has 0 aliphatic carbocycles. The number of unbranched alkanes of at least 4 members (excludes halogenated alkanes) is 1. The Balaban J connectivity index is 1.96. The summed E-state index contributed by atoms with van der Waals surface area (Å²) in [5, 5.41) is 8.50. The molecule has 0 fully saturated rings. The number of anilines is 2. The molecule has 2 aromatic rings. The Labute approximate surface area is 161 Å². The number of para-hydroxylation sites is 1. The zero-order valence-corrected chi connectivity index (χ0v) is 16.0. The third-order valence-electron chi connectivity index (χ3n) is 4.05. The number of aryl methyl sites for hydroxylation is 1. The molecule has 0 saturated carbocycles. The highest BCUT2D eigenvalue weighted by Crippen LogP contribution is 2.16. The predicted octanol–water partition coefficient (Wildman–Crippen LogP) is 4.13. The van der Waals surface area contributed by atoms with E-state index in [4.69, 9.17) is 0 Å². The SMILES string of the molecule is CCCCNC(=O)NCCN(C(=O)Nc1ccc(C)cc1)c1ccccc1. The molecule has 4 amide bonds. The number of nitrogens with one attached hydrogen (secondary N) is 3. The van der Waals surface area contributed by atoms with Crippen LogP contribution in [0.4, 0.5) is 21.0 Å². The highest BCUT2D eigenvalue weighted by Gasteiger charge is 2.16. The van der Waals surface area contributed by atoms with E-state index < -0.39 is 0 Å². The van der Waals surface area contributed by atoms with Gasteiger partial charge in [0.05, 0.1) is 0 Å². The minimum Gasteiger partial charge on any atom is -0.338 e. The number of rotatable bonds is 8. The fourth-order valence-corrected chi connectivity index (χ4v) is 2.51. The molecule has 6 heteroatoms. The van der Waals surface area contributed by atoms with Gasteiger partial charge in [-0.15, -0.1) is 0 Å². The van der Waals surface area contributed by atoms with Crippen LogP contribution in [0.15, 0.2) is 54.6 Å². The third kappa shape index (κ3) is 7.01. The van der Waals surface area contributed by atoms with Crippen LogP contribution < -0.4 is 20.9 Å². The Kier molecular flexibility index (Phi) is 8.16. The maximum Gasteiger partial charge on any atom is 0.326 e. The molecule has 0 aliphatic rings. The van der Waals surface area contributed by atoms with Crippen LogP contribution in [0.3, 0.4) is 0 Å². The van der Waals surface area contributed by atoms with Crippen LogP contribution in [0.1, 0.15) is 25.3 Å². The van der Waals surface area contributed by atoms with Gasteiger partial charge in [0.25, 0.3) is 0 Å². The van der Waals surface area contributed by atoms with E-state index in [0.29, 0.717) is 19.6 Å². The summed E-state index contributed by atoms with van der Waals surface area (Å²) >= 11 is 0. The van der Waals surface area contributed by atoms with Crippen molar-refractivity contribution < 1.29 is 9.59 Å². The second kappa shape index (κ2) is 10.9. The fraction of sp³-hybridized carbons (Fsp3) is 0.333. The molecule has 3 N–H and O–H groups in total. The first-order chi connectivity index (χ1) is 13.1. The van der Waals surface area contributed by atoms with E-state index in [9.17, 15) is 9.59 Å². The normalized spacial score (nSPS) is 10.1. The Hall–Kier alpha value is -3.02. The molecule has 0 spiro atoms. The van der Waals surface area contributed by atoms with Gasteiger partial charge in [-0.1, -0.05) is 49.2 Å². The first-order valence-corrected chi connectivity index (χ1v) is 9.32. The molecule has 6 nitrogen and oxygen atoms in total. The second-order valence-electron chi connectivity index (χ2n) is 6.32. The molecule has 0 atom stereocenters. The molecule has 2 aromatic carbocycles. The van der Waals surface area contributed by atoms with Crippen molar-refractivity contribution in [3.05, 3.63) is 60.2 Å². The van der Waals surface area contributed by atoms with Crippen LogP contribution in [-0.2, 0) is 0 Å². The van der Waals surface area contributed by atoms with Crippen LogP contribution in [0, 0.1) is 6.92 Å². The Morgan fingerprint density at radius 1 is 0.926 bits per heavy atom. The predicted molar refractivity (Wildman–Crippen MR) is 110 cm³/mol. The Bertz CT molecular complexity index is 717. The molecule has 144 valence electrons. The van der Waals surface area contributed by atoms with Crippen molar-refractivity contribution in [3.8, 4) is 0 Å². The van der Waals surface area contributed by atoms with Gasteiger partial charge in [-0.3, -0.25) is 4.90 Å². The van der Waals surface area contributed by atoms with Crippen molar-refractivity contribution in [1.82, 2.24) is 10.6 Å². The lowest BCUT2D eigenvalue weighted by molar-refractivity contribution is 0.240. The van der Waals surface area contributed by atoms with Crippen LogP contribution in [0.25, 0.3) is 0 Å². The first kappa shape index (κ1) is 20.3. The standard InChI is InChI=1S/C21H28N4O2/c1-3-4-14-22-20(26)23-15-16-25(19-8-6-5-7-9-19)21(27)24-18-12-10-17(2)11-13-18/h5-13H,3-4,14-16H2,1-2H3,(H,24,27)(H2,22,23,26). The molecule has 0 unspecified atom stereocenters. The van der Waals surface area contributed by atoms with Gasteiger partial charge in [0.2, 0.25) is 0 Å². The third-order valence-corrected chi connectivity index (χ3v) is 4.05. The first-order valence-electron chi connectivity index (χ1n) is 9.32. The molecule has 2 rings (SSSR count). The summed E-state index contributed by atoms with van der Waals surface area (Å²) in [6, 6.07) is 16.6. The van der Waals surface area contributed by atoms with Crippen LogP contribution in [0.5, 0.6) is 0 Å². The number of benzene rings is 2. The minimum absolute atomic E-state index is 0.213. The van der Waals surface area contributed by atoms with Gasteiger partial charge in [-0.2, -0.15) is 0 Å². The highest BCUT2D eigenvalue weighted by atomic mass is 16.2. The summed E-state index contributed by atoms with van der Waals surface area (Å²) < 4.78 is 0. The van der Waals surface area contributed by atoms with E-state index in [1.54, 1.807) is 4.90 Å². The summed E-state index contributed by atoms with van der Waals surface area (Å²) in [4.78, 5) is 26.2. The number of carbonyl (C=O) groups is 2. The van der Waals surface area contributed by atoms with Gasteiger partial charge < -0.3 is 16.0 Å². The molecule has 0 saturated heterocycles. The smallest absolute Gasteiger partial charge is 0.326 e. The molecule has 0 aromatic heterocycles. The maximum atomic E-state index is 12.8. The lowest BCUT2D eigenvalue weighted by atomic mass is 10.2. The summed E-state index contributed by atoms with van der Waals surface area (Å²) in [6.45, 7) is 5.44. The van der Waals surface area contributed by atoms with E-state index >= 15 is 0 Å². The zero-order chi connectivity index (χ0) is 19.5. The Morgan fingerprint density at radius 2 is 1.59 bits per heavy atom. The molecule has 0 radical (unpaired) electrons. The van der Waals surface area contributed by atoms with E-state index in [1.165, 1.54) is 0 Å². The van der Waals surface area contributed by atoms with Gasteiger partial charge >= 0.3 is 12.1 Å². The van der Waals surface area contributed by atoms with Crippen molar-refractivity contribution in [3.63, 3.8) is 0 Å². The molecular formula is C21H28N4O2. The van der Waals surface area contributed by atoms with Crippen LogP contribution in [0.2, 0.25) is 0 Å². The van der Waals surface area contributed by atoms with Gasteiger partial charge in [-0.25, -0.2) is 9.59 Å². The average Bonchev–Trinajstić information content (AvgIpc) is 2.68. The van der Waals surface area contributed by atoms with Crippen molar-refractivity contribution >= 4 is 23.4 Å². The van der Waals surface area contributed by atoms with Crippen LogP contribution >= 0.6 is 0 Å². The minimum atomic E-state index is -0.238. The quantitative estimate of drug-likeness (QED) is 0.613. The molecule has 0 bridgehead atoms. The zero-order valence-electron chi connectivity index (χ0n) is 16.0. The maximum absolute atomic E-state index is 12.8. The number of hydrogen-bond acceptors (Lipinski definition) is 2. The second-order valence-corrected chi connectivity index (χ2v) is 6.32. The Morgan fingerprint density at radius 3 is 2.26 bits per heavy atom. The molecule has 0 heterocycles. The summed E-state index contributed by atoms with van der Waals surface area (Å²) in [5.41, 5.74) is 2.64. The largest absolute Gasteiger partial charge is 0.338 e. The highest BCUT2D eigenvalue weighted by molar-refractivity contribution is 6.01. The van der Waals surface area contributed by atoms with Crippen molar-refractivity contribution in [2.24, 2.45) is 0 Å². The number of urea groups is 2. The van der Waals surface area contributed by atoms with Gasteiger partial charge in [0.15, 0.2) is 0 Å². The van der Waals surface area contributed by atoms with Crippen molar-refractivity contribution in [1.29, 1.82) is 0 Å². The average molecular weight is 368 g/mol. The topological polar surface area (TPSA) is 73.5 Å². The van der Waals surface area contributed by atoms with Gasteiger partial charge in [0.1, 0.15) is 0 Å². The van der Waals surface area contributed by atoms with E-state index in [1.807, 2.05) is 61.5 Å². The lowest BCUT2D eigenvalue weighted by Crippen LogP contribution is -2.43. The monoisotopic (exact) mass is 368 g/mol. The van der Waals surface area contributed by atoms with Gasteiger partial charge in [-0.05, 0) is 37.6 Å². The summed E-state index contributed by atoms with van der Waals surface area (Å²) in [7, 11) is 0. The lowest BCUT2D eigenvalue weighted by Gasteiger charge is -2.23. The number of carbonyl (C=O) groups excluding carboxylic acids is 2. The fourth-order valence-electron chi connectivity index (χ4n) is 2.51. The molecule has 27 heavy (non-hydrogen) atoms. The summed E-state index contributed by atoms with van der Waals surface area (Å²) in [5.74, 6) is 0. The number of hydrogen-bond donors (Lipinski definition) is 3. The molecule has 0 aliphatic heterocycles. The van der Waals surface area contributed by atoms with Gasteiger partial charge in [0, 0.05) is 31.0 Å². The number of amides is 4. The molecular weight excluding hydrogens is 340 g/mol. The van der Waals surface area contributed by atoms with E-state index in [-0.39, 0.29) is 12.1 Å². The van der Waals surface area contributed by atoms with Crippen LogP contribution in [-0.4, -0.2) is 31.7 Å². The van der Waals surface area contributed by atoms with Crippen molar-refractivity contribution in [2.75, 3.05) is 29.9 Å². The summed E-state index contributed by atoms with van der Waals surface area (Å²) in [6.07, 6.45) is 1.98. The van der Waals surface area contributed by atoms with Crippen molar-refractivity contribution in [2.45, 2.75) is 26.7 Å². The van der Waals surface area contributed by atoms with E-state index in [2.05, 4.69) is 22.9 Å².